The van der Waals surface area contributed by atoms with Gasteiger partial charge in [-0.05, 0) is 50.5 Å². The third-order valence-corrected chi connectivity index (χ3v) is 4.49. The Kier molecular flexibility index (Phi) is 4.07. The molecule has 0 saturated heterocycles. The van der Waals surface area contributed by atoms with Crippen LogP contribution in [0.4, 0.5) is 0 Å². The van der Waals surface area contributed by atoms with Crippen LogP contribution in [0.25, 0.3) is 0 Å². The molecule has 0 amide bonds. The van der Waals surface area contributed by atoms with Gasteiger partial charge in [0.15, 0.2) is 0 Å². The predicted molar refractivity (Wildman–Crippen MR) is 65.9 cm³/mol. The Bertz CT molecular complexity index is 184. The van der Waals surface area contributed by atoms with Crippen molar-refractivity contribution in [1.29, 1.82) is 0 Å². The molecule has 15 heavy (non-hydrogen) atoms. The van der Waals surface area contributed by atoms with Crippen LogP contribution < -0.4 is 5.32 Å². The first kappa shape index (κ1) is 11.4. The van der Waals surface area contributed by atoms with Crippen molar-refractivity contribution in [2.75, 3.05) is 6.54 Å². The van der Waals surface area contributed by atoms with Crippen LogP contribution >= 0.6 is 0 Å². The molecule has 1 heteroatoms. The average Bonchev–Trinajstić information content (AvgIpc) is 2.73. The Morgan fingerprint density at radius 1 is 1.27 bits per heavy atom. The van der Waals surface area contributed by atoms with Crippen LogP contribution in [0.5, 0.6) is 0 Å². The molecule has 1 N–H and O–H groups in total. The zero-order valence-corrected chi connectivity index (χ0v) is 10.5. The summed E-state index contributed by atoms with van der Waals surface area (Å²) in [4.78, 5) is 0. The van der Waals surface area contributed by atoms with Gasteiger partial charge in [0, 0.05) is 6.04 Å². The van der Waals surface area contributed by atoms with Crippen LogP contribution in [0.1, 0.15) is 58.8 Å². The first-order valence-electron chi connectivity index (χ1n) is 6.99. The molecule has 0 aromatic heterocycles. The minimum absolute atomic E-state index is 0.749. The summed E-state index contributed by atoms with van der Waals surface area (Å²) in [6, 6.07) is 0.749. The number of hydrogen-bond donors (Lipinski definition) is 1. The normalized spacial score (nSPS) is 33.2. The van der Waals surface area contributed by atoms with E-state index in [9.17, 15) is 0 Å². The summed E-state index contributed by atoms with van der Waals surface area (Å²) in [5.41, 5.74) is 0. The molecule has 0 aliphatic heterocycles. The lowest BCUT2D eigenvalue weighted by atomic mass is 9.99. The summed E-state index contributed by atoms with van der Waals surface area (Å²) in [7, 11) is 0. The summed E-state index contributed by atoms with van der Waals surface area (Å²) >= 11 is 0. The molecule has 2 saturated carbocycles. The van der Waals surface area contributed by atoms with E-state index in [1.165, 1.54) is 51.5 Å². The summed E-state index contributed by atoms with van der Waals surface area (Å²) in [5.74, 6) is 3.06. The number of nitrogens with one attached hydrogen (secondary N) is 1. The van der Waals surface area contributed by atoms with Gasteiger partial charge in [-0.15, -0.1) is 0 Å². The maximum Gasteiger partial charge on any atom is 0.00389 e. The van der Waals surface area contributed by atoms with Gasteiger partial charge in [0.05, 0.1) is 0 Å². The summed E-state index contributed by atoms with van der Waals surface area (Å²) in [6.45, 7) is 6.00. The molecule has 1 nitrogen and oxygen atoms in total. The van der Waals surface area contributed by atoms with E-state index in [1.807, 2.05) is 0 Å². The molecule has 0 spiro atoms. The Labute approximate surface area is 95.0 Å². The van der Waals surface area contributed by atoms with Gasteiger partial charge >= 0.3 is 0 Å². The zero-order valence-electron chi connectivity index (χ0n) is 10.5. The lowest BCUT2D eigenvalue weighted by Crippen LogP contribution is -2.28. The van der Waals surface area contributed by atoms with E-state index in [0.29, 0.717) is 0 Å². The largest absolute Gasteiger partial charge is 0.314 e. The number of rotatable bonds is 6. The van der Waals surface area contributed by atoms with E-state index in [2.05, 4.69) is 19.2 Å². The molecule has 0 aromatic carbocycles. The fourth-order valence-electron chi connectivity index (χ4n) is 2.92. The maximum atomic E-state index is 3.70. The summed E-state index contributed by atoms with van der Waals surface area (Å²) in [6.07, 6.45) is 10.3. The van der Waals surface area contributed by atoms with Gasteiger partial charge in [-0.3, -0.25) is 0 Å². The minimum Gasteiger partial charge on any atom is -0.314 e. The Hall–Kier alpha value is -0.0400. The smallest absolute Gasteiger partial charge is 0.00389 e. The van der Waals surface area contributed by atoms with Gasteiger partial charge in [-0.2, -0.15) is 0 Å². The van der Waals surface area contributed by atoms with Gasteiger partial charge in [-0.25, -0.2) is 0 Å². The molecule has 3 atom stereocenters. The highest BCUT2D eigenvalue weighted by Crippen LogP contribution is 2.37. The second-order valence-corrected chi connectivity index (χ2v) is 6.01. The number of hydrogen-bond acceptors (Lipinski definition) is 1. The highest BCUT2D eigenvalue weighted by molar-refractivity contribution is 4.84. The molecule has 2 aliphatic rings. The quantitative estimate of drug-likeness (QED) is 0.705. The molecule has 0 bridgehead atoms. The topological polar surface area (TPSA) is 12.0 Å². The van der Waals surface area contributed by atoms with Crippen LogP contribution in [-0.4, -0.2) is 12.6 Å². The van der Waals surface area contributed by atoms with E-state index in [0.717, 1.165) is 23.8 Å². The van der Waals surface area contributed by atoms with Crippen molar-refractivity contribution in [3.8, 4) is 0 Å². The highest BCUT2D eigenvalue weighted by atomic mass is 14.9. The van der Waals surface area contributed by atoms with E-state index in [4.69, 9.17) is 0 Å². The first-order chi connectivity index (χ1) is 7.25. The minimum atomic E-state index is 0.749. The van der Waals surface area contributed by atoms with Gasteiger partial charge in [0.25, 0.3) is 0 Å². The van der Waals surface area contributed by atoms with Crippen molar-refractivity contribution in [3.05, 3.63) is 0 Å². The van der Waals surface area contributed by atoms with Crippen molar-refractivity contribution >= 4 is 0 Å². The van der Waals surface area contributed by atoms with Crippen molar-refractivity contribution < 1.29 is 0 Å². The predicted octanol–water partition coefficient (Wildman–Crippen LogP) is 3.59. The van der Waals surface area contributed by atoms with Crippen molar-refractivity contribution in [2.45, 2.75) is 64.8 Å². The van der Waals surface area contributed by atoms with Crippen molar-refractivity contribution in [1.82, 2.24) is 5.32 Å². The highest BCUT2D eigenvalue weighted by Gasteiger charge is 2.32. The first-order valence-corrected chi connectivity index (χ1v) is 6.99. The SMILES string of the molecule is CC(CCC1CCCC1)NCC1CC1C. The van der Waals surface area contributed by atoms with E-state index < -0.39 is 0 Å². The van der Waals surface area contributed by atoms with E-state index in [-0.39, 0.29) is 0 Å². The lowest BCUT2D eigenvalue weighted by Gasteiger charge is -2.16. The third kappa shape index (κ3) is 3.79. The van der Waals surface area contributed by atoms with Crippen LogP contribution in [0.2, 0.25) is 0 Å². The van der Waals surface area contributed by atoms with Gasteiger partial charge < -0.3 is 5.32 Å². The zero-order chi connectivity index (χ0) is 10.7. The fraction of sp³-hybridized carbons (Fsp3) is 1.00. The van der Waals surface area contributed by atoms with Crippen LogP contribution in [0.15, 0.2) is 0 Å². The van der Waals surface area contributed by atoms with Crippen molar-refractivity contribution in [2.24, 2.45) is 17.8 Å². The standard InChI is InChI=1S/C14H27N/c1-11-9-14(11)10-15-12(2)7-8-13-5-3-4-6-13/h11-15H,3-10H2,1-2H3. The second-order valence-electron chi connectivity index (χ2n) is 6.01. The van der Waals surface area contributed by atoms with Crippen LogP contribution in [-0.2, 0) is 0 Å². The van der Waals surface area contributed by atoms with Crippen molar-refractivity contribution in [3.63, 3.8) is 0 Å². The average molecular weight is 209 g/mol. The lowest BCUT2D eigenvalue weighted by molar-refractivity contribution is 0.414. The maximum absolute atomic E-state index is 3.70. The molecule has 88 valence electrons. The second kappa shape index (κ2) is 5.34. The van der Waals surface area contributed by atoms with Crippen LogP contribution in [0.3, 0.4) is 0 Å². The molecule has 2 fully saturated rings. The van der Waals surface area contributed by atoms with Gasteiger partial charge in [-0.1, -0.05) is 32.6 Å². The Morgan fingerprint density at radius 2 is 1.93 bits per heavy atom. The summed E-state index contributed by atoms with van der Waals surface area (Å²) in [5, 5.41) is 3.70. The van der Waals surface area contributed by atoms with E-state index >= 15 is 0 Å². The van der Waals surface area contributed by atoms with Gasteiger partial charge in [0.2, 0.25) is 0 Å². The Morgan fingerprint density at radius 3 is 2.53 bits per heavy atom. The molecule has 0 aromatic rings. The molecule has 2 rings (SSSR count). The molecule has 3 unspecified atom stereocenters. The monoisotopic (exact) mass is 209 g/mol. The third-order valence-electron chi connectivity index (χ3n) is 4.49. The van der Waals surface area contributed by atoms with E-state index in [1.54, 1.807) is 0 Å². The Balaban J connectivity index is 1.50. The van der Waals surface area contributed by atoms with Gasteiger partial charge in [0.1, 0.15) is 0 Å². The molecule has 0 heterocycles. The molecule has 2 aliphatic carbocycles. The summed E-state index contributed by atoms with van der Waals surface area (Å²) < 4.78 is 0. The fourth-order valence-corrected chi connectivity index (χ4v) is 2.92. The van der Waals surface area contributed by atoms with Crippen LogP contribution in [0, 0.1) is 17.8 Å². The molecule has 0 radical (unpaired) electrons. The molecular weight excluding hydrogens is 182 g/mol. The molecular formula is C14H27N.